The van der Waals surface area contributed by atoms with Crippen LogP contribution in [-0.4, -0.2) is 36.5 Å². The maximum atomic E-state index is 13.8. The topological polar surface area (TPSA) is 57.5 Å². The molecule has 0 bridgehead atoms. The predicted octanol–water partition coefficient (Wildman–Crippen LogP) is 5.37. The van der Waals surface area contributed by atoms with E-state index in [4.69, 9.17) is 4.42 Å². The Morgan fingerprint density at radius 1 is 1.00 bits per heavy atom. The van der Waals surface area contributed by atoms with Gasteiger partial charge in [-0.15, -0.1) is 0 Å². The number of amides is 1. The first kappa shape index (κ1) is 26.0. The van der Waals surface area contributed by atoms with E-state index in [1.54, 1.807) is 6.07 Å². The molecule has 0 spiro atoms. The van der Waals surface area contributed by atoms with Crippen molar-refractivity contribution in [2.75, 3.05) is 19.6 Å². The van der Waals surface area contributed by atoms with Crippen LogP contribution in [0.3, 0.4) is 0 Å². The van der Waals surface area contributed by atoms with Crippen LogP contribution >= 0.6 is 0 Å². The summed E-state index contributed by atoms with van der Waals surface area (Å²) in [6, 6.07) is 15.0. The Morgan fingerprint density at radius 2 is 1.78 bits per heavy atom. The van der Waals surface area contributed by atoms with Crippen molar-refractivity contribution in [3.63, 3.8) is 0 Å². The Kier molecular flexibility index (Phi) is 9.25. The molecule has 0 saturated carbocycles. The Balaban J connectivity index is 1.36. The van der Waals surface area contributed by atoms with E-state index in [0.717, 1.165) is 24.9 Å². The zero-order valence-corrected chi connectivity index (χ0v) is 20.9. The van der Waals surface area contributed by atoms with Crippen LogP contribution in [0.25, 0.3) is 0 Å². The highest BCUT2D eigenvalue weighted by atomic mass is 19.1. The van der Waals surface area contributed by atoms with Gasteiger partial charge in [-0.25, -0.2) is 8.78 Å². The zero-order valence-electron chi connectivity index (χ0n) is 20.9. The molecule has 1 aromatic heterocycles. The number of nitrogens with one attached hydrogen (secondary N) is 2. The first-order valence-corrected chi connectivity index (χ1v) is 12.8. The van der Waals surface area contributed by atoms with E-state index in [1.807, 2.05) is 12.1 Å². The van der Waals surface area contributed by atoms with Crippen LogP contribution in [0.5, 0.6) is 0 Å². The summed E-state index contributed by atoms with van der Waals surface area (Å²) in [4.78, 5) is 15.3. The Bertz CT molecular complexity index is 1120. The number of hydrogen-bond donors (Lipinski definition) is 2. The number of nitrogens with zero attached hydrogens (tertiary/aromatic N) is 1. The lowest BCUT2D eigenvalue weighted by Gasteiger charge is -2.25. The minimum atomic E-state index is -0.624. The van der Waals surface area contributed by atoms with Crippen molar-refractivity contribution in [3.8, 4) is 0 Å². The number of carbonyl (C=O) groups is 1. The van der Waals surface area contributed by atoms with Crippen LogP contribution in [-0.2, 0) is 19.5 Å². The molecular weight excluding hydrogens is 460 g/mol. The molecule has 0 aliphatic carbocycles. The lowest BCUT2D eigenvalue weighted by Crippen LogP contribution is -2.38. The number of aryl methyl sites for hydroxylation is 1. The average Bonchev–Trinajstić information content (AvgIpc) is 3.30. The van der Waals surface area contributed by atoms with Crippen molar-refractivity contribution in [2.45, 2.75) is 58.2 Å². The molecule has 1 amide bonds. The fourth-order valence-electron chi connectivity index (χ4n) is 4.75. The molecule has 0 radical (unpaired) electrons. The molecule has 1 saturated heterocycles. The van der Waals surface area contributed by atoms with E-state index in [9.17, 15) is 13.6 Å². The smallest absolute Gasteiger partial charge is 0.287 e. The van der Waals surface area contributed by atoms with Gasteiger partial charge in [-0.3, -0.25) is 9.69 Å². The molecule has 192 valence electrons. The van der Waals surface area contributed by atoms with E-state index in [0.29, 0.717) is 38.0 Å². The van der Waals surface area contributed by atoms with Gasteiger partial charge in [0.15, 0.2) is 5.76 Å². The number of furan rings is 1. The van der Waals surface area contributed by atoms with Crippen LogP contribution < -0.4 is 10.6 Å². The minimum Gasteiger partial charge on any atom is -0.455 e. The fourth-order valence-corrected chi connectivity index (χ4v) is 4.75. The van der Waals surface area contributed by atoms with Crippen molar-refractivity contribution >= 4 is 5.91 Å². The standard InChI is InChI=1S/C29H35F2N3O2/c1-21-6-5-7-22(14-21)19-32-11-10-26(17-23-15-24(30)18-25(31)16-23)33-29(35)28-9-8-27(36-28)20-34-12-3-2-4-13-34/h5-9,14-16,18,26,32H,2-4,10-13,17,19-20H2,1H3,(H,33,35)/t26-/m1/s1. The maximum absolute atomic E-state index is 13.8. The second-order valence-electron chi connectivity index (χ2n) is 9.71. The first-order valence-electron chi connectivity index (χ1n) is 12.8. The monoisotopic (exact) mass is 495 g/mol. The van der Waals surface area contributed by atoms with E-state index in [-0.39, 0.29) is 17.7 Å². The molecule has 1 aliphatic rings. The van der Waals surface area contributed by atoms with Crippen LogP contribution in [0.15, 0.2) is 59.0 Å². The lowest BCUT2D eigenvalue weighted by molar-refractivity contribution is 0.0902. The number of piperidine rings is 1. The van der Waals surface area contributed by atoms with Crippen LogP contribution in [0.1, 0.15) is 58.7 Å². The van der Waals surface area contributed by atoms with Crippen molar-refractivity contribution in [2.24, 2.45) is 0 Å². The van der Waals surface area contributed by atoms with Gasteiger partial charge < -0.3 is 15.1 Å². The largest absolute Gasteiger partial charge is 0.455 e. The van der Waals surface area contributed by atoms with E-state index >= 15 is 0 Å². The quantitative estimate of drug-likeness (QED) is 0.351. The maximum Gasteiger partial charge on any atom is 0.287 e. The first-order chi connectivity index (χ1) is 17.4. The summed E-state index contributed by atoms with van der Waals surface area (Å²) >= 11 is 0. The Labute approximate surface area is 211 Å². The van der Waals surface area contributed by atoms with Gasteiger partial charge in [0.1, 0.15) is 17.4 Å². The molecule has 4 rings (SSSR count). The third-order valence-electron chi connectivity index (χ3n) is 6.53. The summed E-state index contributed by atoms with van der Waals surface area (Å²) in [6.45, 7) is 6.18. The summed E-state index contributed by atoms with van der Waals surface area (Å²) in [5.41, 5.74) is 2.88. The van der Waals surface area contributed by atoms with Gasteiger partial charge in [-0.2, -0.15) is 0 Å². The number of benzene rings is 2. The second kappa shape index (κ2) is 12.8. The van der Waals surface area contributed by atoms with Crippen molar-refractivity contribution in [1.29, 1.82) is 0 Å². The molecule has 1 atom stereocenters. The molecule has 2 aromatic carbocycles. The Hall–Kier alpha value is -3.03. The molecule has 1 fully saturated rings. The summed E-state index contributed by atoms with van der Waals surface area (Å²) in [7, 11) is 0. The van der Waals surface area contributed by atoms with Gasteiger partial charge >= 0.3 is 0 Å². The van der Waals surface area contributed by atoms with Gasteiger partial charge in [-0.05, 0) is 87.6 Å². The molecule has 1 aliphatic heterocycles. The summed E-state index contributed by atoms with van der Waals surface area (Å²) in [5, 5.41) is 6.42. The SMILES string of the molecule is Cc1cccc(CNCC[C@H](Cc2cc(F)cc(F)c2)NC(=O)c2ccc(CN3CCCCC3)o2)c1. The van der Waals surface area contributed by atoms with Crippen LogP contribution in [0.2, 0.25) is 0 Å². The van der Waals surface area contributed by atoms with E-state index in [2.05, 4.69) is 40.7 Å². The summed E-state index contributed by atoms with van der Waals surface area (Å²) < 4.78 is 33.4. The zero-order chi connectivity index (χ0) is 25.3. The van der Waals surface area contributed by atoms with Crippen LogP contribution in [0.4, 0.5) is 8.78 Å². The molecule has 0 unspecified atom stereocenters. The predicted molar refractivity (Wildman–Crippen MR) is 137 cm³/mol. The van der Waals surface area contributed by atoms with Gasteiger partial charge in [0.05, 0.1) is 6.54 Å². The number of rotatable bonds is 11. The van der Waals surface area contributed by atoms with Gasteiger partial charge in [-0.1, -0.05) is 36.2 Å². The average molecular weight is 496 g/mol. The third-order valence-corrected chi connectivity index (χ3v) is 6.53. The molecule has 2 heterocycles. The van der Waals surface area contributed by atoms with Gasteiger partial charge in [0, 0.05) is 18.7 Å². The second-order valence-corrected chi connectivity index (χ2v) is 9.71. The number of likely N-dealkylation sites (tertiary alicyclic amines) is 1. The molecule has 7 heteroatoms. The number of hydrogen-bond acceptors (Lipinski definition) is 4. The minimum absolute atomic E-state index is 0.255. The number of halogens is 2. The summed E-state index contributed by atoms with van der Waals surface area (Å²) in [5.74, 6) is -0.543. The van der Waals surface area contributed by atoms with E-state index < -0.39 is 11.6 Å². The van der Waals surface area contributed by atoms with Crippen LogP contribution in [0, 0.1) is 18.6 Å². The van der Waals surface area contributed by atoms with Crippen molar-refractivity contribution in [3.05, 3.63) is 94.4 Å². The molecular formula is C29H35F2N3O2. The molecule has 36 heavy (non-hydrogen) atoms. The summed E-state index contributed by atoms with van der Waals surface area (Å²) in [6.07, 6.45) is 4.55. The van der Waals surface area contributed by atoms with Gasteiger partial charge in [0.25, 0.3) is 5.91 Å². The molecule has 2 N–H and O–H groups in total. The van der Waals surface area contributed by atoms with Gasteiger partial charge in [0.2, 0.25) is 0 Å². The molecule has 5 nitrogen and oxygen atoms in total. The highest BCUT2D eigenvalue weighted by Gasteiger charge is 2.19. The highest BCUT2D eigenvalue weighted by molar-refractivity contribution is 5.91. The van der Waals surface area contributed by atoms with E-state index in [1.165, 1.54) is 42.5 Å². The normalized spacial score (nSPS) is 15.1. The van der Waals surface area contributed by atoms with Crippen molar-refractivity contribution < 1.29 is 18.0 Å². The highest BCUT2D eigenvalue weighted by Crippen LogP contribution is 2.17. The fraction of sp³-hybridized carbons (Fsp3) is 0.414. The molecule has 3 aromatic rings. The lowest BCUT2D eigenvalue weighted by atomic mass is 10.0. The van der Waals surface area contributed by atoms with Crippen molar-refractivity contribution in [1.82, 2.24) is 15.5 Å². The Morgan fingerprint density at radius 3 is 2.53 bits per heavy atom. The third kappa shape index (κ3) is 8.00. The number of carbonyl (C=O) groups excluding carboxylic acids is 1.